The third kappa shape index (κ3) is 3.80. The van der Waals surface area contributed by atoms with Gasteiger partial charge in [0.1, 0.15) is 11.9 Å². The number of amides is 1. The van der Waals surface area contributed by atoms with E-state index in [1.165, 1.54) is 0 Å². The lowest BCUT2D eigenvalue weighted by atomic mass is 10.1. The van der Waals surface area contributed by atoms with Crippen molar-refractivity contribution in [3.8, 4) is 0 Å². The largest absolute Gasteiger partial charge is 0.378 e. The molecular formula is C16H23N3O4. The van der Waals surface area contributed by atoms with Crippen LogP contribution in [0.1, 0.15) is 17.3 Å². The maximum atomic E-state index is 12.7. The number of ether oxygens (including phenoxy) is 3. The second-order valence-electron chi connectivity index (χ2n) is 5.59. The van der Waals surface area contributed by atoms with Crippen molar-refractivity contribution >= 4 is 11.7 Å². The van der Waals surface area contributed by atoms with Crippen molar-refractivity contribution in [1.82, 2.24) is 10.3 Å². The van der Waals surface area contributed by atoms with E-state index in [4.69, 9.17) is 14.2 Å². The second kappa shape index (κ2) is 7.72. The Morgan fingerprint density at radius 1 is 1.39 bits per heavy atom. The van der Waals surface area contributed by atoms with Crippen molar-refractivity contribution in [3.63, 3.8) is 0 Å². The summed E-state index contributed by atoms with van der Waals surface area (Å²) in [5.74, 6) is 0.569. The quantitative estimate of drug-likeness (QED) is 0.849. The van der Waals surface area contributed by atoms with Gasteiger partial charge in [-0.3, -0.25) is 4.79 Å². The fourth-order valence-corrected chi connectivity index (χ4v) is 2.90. The van der Waals surface area contributed by atoms with Gasteiger partial charge in [-0.05, 0) is 19.1 Å². The lowest BCUT2D eigenvalue weighted by molar-refractivity contribution is 0.0402. The number of pyridine rings is 1. The third-order valence-corrected chi connectivity index (χ3v) is 4.07. The predicted octanol–water partition coefficient (Wildman–Crippen LogP) is 0.452. The summed E-state index contributed by atoms with van der Waals surface area (Å²) in [7, 11) is 0. The Morgan fingerprint density at radius 3 is 3.00 bits per heavy atom. The van der Waals surface area contributed by atoms with E-state index in [2.05, 4.69) is 15.2 Å². The van der Waals surface area contributed by atoms with E-state index in [-0.39, 0.29) is 18.1 Å². The third-order valence-electron chi connectivity index (χ3n) is 4.07. The van der Waals surface area contributed by atoms with E-state index < -0.39 is 0 Å². The molecule has 3 rings (SSSR count). The van der Waals surface area contributed by atoms with Gasteiger partial charge in [0.25, 0.3) is 5.91 Å². The molecular weight excluding hydrogens is 298 g/mol. The molecule has 23 heavy (non-hydrogen) atoms. The first-order valence-electron chi connectivity index (χ1n) is 8.07. The Hall–Kier alpha value is -1.70. The fraction of sp³-hybridized carbons (Fsp3) is 0.625. The molecule has 0 unspecified atom stereocenters. The van der Waals surface area contributed by atoms with Crippen LogP contribution >= 0.6 is 0 Å². The second-order valence-corrected chi connectivity index (χ2v) is 5.59. The zero-order chi connectivity index (χ0) is 16.1. The maximum absolute atomic E-state index is 12.7. The highest BCUT2D eigenvalue weighted by Crippen LogP contribution is 2.19. The first kappa shape index (κ1) is 16.2. The molecule has 2 aliphatic rings. The molecule has 7 heteroatoms. The number of aromatic nitrogens is 1. The van der Waals surface area contributed by atoms with Crippen molar-refractivity contribution in [2.24, 2.45) is 0 Å². The van der Waals surface area contributed by atoms with Gasteiger partial charge in [-0.25, -0.2) is 4.98 Å². The van der Waals surface area contributed by atoms with E-state index in [0.717, 1.165) is 13.1 Å². The summed E-state index contributed by atoms with van der Waals surface area (Å²) >= 11 is 0. The molecule has 1 aromatic rings. The molecule has 0 saturated carbocycles. The van der Waals surface area contributed by atoms with Gasteiger partial charge in [-0.15, -0.1) is 0 Å². The average molecular weight is 321 g/mol. The number of hydrogen-bond donors (Lipinski definition) is 1. The lowest BCUT2D eigenvalue weighted by Crippen LogP contribution is -2.45. The van der Waals surface area contributed by atoms with Gasteiger partial charge in [-0.1, -0.05) is 0 Å². The maximum Gasteiger partial charge on any atom is 0.255 e. The molecule has 0 radical (unpaired) electrons. The standard InChI is InChI=1S/C16H23N3O4/c1-2-23-14-11-22-10-13(14)18-16(20)12-4-3-5-17-15(12)19-6-8-21-9-7-19/h3-5,13-14H,2,6-11H2,1H3,(H,18,20)/t13-,14-/m0/s1. The topological polar surface area (TPSA) is 72.9 Å². The molecule has 0 aromatic carbocycles. The van der Waals surface area contributed by atoms with Gasteiger partial charge in [0.2, 0.25) is 0 Å². The molecule has 2 aliphatic heterocycles. The van der Waals surface area contributed by atoms with Gasteiger partial charge < -0.3 is 24.4 Å². The van der Waals surface area contributed by atoms with Crippen molar-refractivity contribution in [2.75, 3.05) is 51.0 Å². The van der Waals surface area contributed by atoms with Crippen LogP contribution in [-0.2, 0) is 14.2 Å². The Labute approximate surface area is 135 Å². The Morgan fingerprint density at radius 2 is 2.22 bits per heavy atom. The SMILES string of the molecule is CCO[C@H]1COC[C@@H]1NC(=O)c1cccnc1N1CCOCC1. The average Bonchev–Trinajstić information content (AvgIpc) is 3.03. The molecule has 0 bridgehead atoms. The Balaban J connectivity index is 1.72. The van der Waals surface area contributed by atoms with Gasteiger partial charge in [0, 0.05) is 25.9 Å². The number of carbonyl (C=O) groups is 1. The first-order chi connectivity index (χ1) is 11.3. The summed E-state index contributed by atoms with van der Waals surface area (Å²) in [4.78, 5) is 19.2. The van der Waals surface area contributed by atoms with Crippen LogP contribution in [0.15, 0.2) is 18.3 Å². The fourth-order valence-electron chi connectivity index (χ4n) is 2.90. The number of nitrogens with one attached hydrogen (secondary N) is 1. The number of carbonyl (C=O) groups excluding carboxylic acids is 1. The summed E-state index contributed by atoms with van der Waals surface area (Å²) in [6.07, 6.45) is 1.62. The summed E-state index contributed by atoms with van der Waals surface area (Å²) in [6, 6.07) is 3.46. The minimum Gasteiger partial charge on any atom is -0.378 e. The zero-order valence-corrected chi connectivity index (χ0v) is 13.4. The van der Waals surface area contributed by atoms with E-state index in [9.17, 15) is 4.79 Å². The number of rotatable bonds is 5. The minimum atomic E-state index is -0.139. The Kier molecular flexibility index (Phi) is 5.43. The van der Waals surface area contributed by atoms with Crippen LogP contribution in [0.25, 0.3) is 0 Å². The Bertz CT molecular complexity index is 534. The monoisotopic (exact) mass is 321 g/mol. The van der Waals surface area contributed by atoms with Crippen LogP contribution < -0.4 is 10.2 Å². The normalized spacial score (nSPS) is 24.7. The predicted molar refractivity (Wildman–Crippen MR) is 84.8 cm³/mol. The van der Waals surface area contributed by atoms with Gasteiger partial charge in [0.15, 0.2) is 0 Å². The summed E-state index contributed by atoms with van der Waals surface area (Å²) in [6.45, 7) is 6.32. The highest BCUT2D eigenvalue weighted by molar-refractivity contribution is 5.99. The zero-order valence-electron chi connectivity index (χ0n) is 13.4. The van der Waals surface area contributed by atoms with Crippen LogP contribution in [-0.4, -0.2) is 69.2 Å². The van der Waals surface area contributed by atoms with Crippen LogP contribution in [0.5, 0.6) is 0 Å². The highest BCUT2D eigenvalue weighted by atomic mass is 16.5. The van der Waals surface area contributed by atoms with Gasteiger partial charge in [-0.2, -0.15) is 0 Å². The molecule has 0 spiro atoms. The van der Waals surface area contributed by atoms with Crippen molar-refractivity contribution in [3.05, 3.63) is 23.9 Å². The molecule has 0 aliphatic carbocycles. The van der Waals surface area contributed by atoms with Crippen LogP contribution in [0, 0.1) is 0 Å². The van der Waals surface area contributed by atoms with Crippen molar-refractivity contribution < 1.29 is 19.0 Å². The number of nitrogens with zero attached hydrogens (tertiary/aromatic N) is 2. The summed E-state index contributed by atoms with van der Waals surface area (Å²) < 4.78 is 16.4. The number of hydrogen-bond acceptors (Lipinski definition) is 6. The first-order valence-corrected chi connectivity index (χ1v) is 8.07. The summed E-state index contributed by atoms with van der Waals surface area (Å²) in [5, 5.41) is 3.02. The van der Waals surface area contributed by atoms with E-state index in [1.54, 1.807) is 18.3 Å². The molecule has 1 N–H and O–H groups in total. The van der Waals surface area contributed by atoms with Crippen LogP contribution in [0.3, 0.4) is 0 Å². The van der Waals surface area contributed by atoms with E-state index in [1.807, 2.05) is 6.92 Å². The molecule has 2 saturated heterocycles. The van der Waals surface area contributed by atoms with E-state index >= 15 is 0 Å². The van der Waals surface area contributed by atoms with Gasteiger partial charge in [0.05, 0.1) is 38.0 Å². The molecule has 1 aromatic heterocycles. The molecule has 2 atom stereocenters. The molecule has 3 heterocycles. The number of anilines is 1. The lowest BCUT2D eigenvalue weighted by Gasteiger charge is -2.29. The molecule has 1 amide bonds. The minimum absolute atomic E-state index is 0.0903. The highest BCUT2D eigenvalue weighted by Gasteiger charge is 2.31. The molecule has 2 fully saturated rings. The molecule has 126 valence electrons. The summed E-state index contributed by atoms with van der Waals surface area (Å²) in [5.41, 5.74) is 0.580. The van der Waals surface area contributed by atoms with Crippen molar-refractivity contribution in [2.45, 2.75) is 19.1 Å². The number of morpholine rings is 1. The van der Waals surface area contributed by atoms with E-state index in [0.29, 0.717) is 44.4 Å². The van der Waals surface area contributed by atoms with Gasteiger partial charge >= 0.3 is 0 Å². The van der Waals surface area contributed by atoms with Crippen molar-refractivity contribution in [1.29, 1.82) is 0 Å². The smallest absolute Gasteiger partial charge is 0.255 e. The van der Waals surface area contributed by atoms with Crippen LogP contribution in [0.2, 0.25) is 0 Å². The van der Waals surface area contributed by atoms with Crippen LogP contribution in [0.4, 0.5) is 5.82 Å². The molecule has 7 nitrogen and oxygen atoms in total.